The Kier molecular flexibility index (Phi) is 9.59. The van der Waals surface area contributed by atoms with E-state index in [1.54, 1.807) is 36.4 Å². The molecule has 1 aromatic heterocycles. The number of benzene rings is 2. The number of phenolic OH excluding ortho intramolecular Hbond substituents is 1. The maximum atomic E-state index is 13.2. The monoisotopic (exact) mass is 574 g/mol. The second kappa shape index (κ2) is 13.1. The van der Waals surface area contributed by atoms with Crippen molar-refractivity contribution in [2.75, 3.05) is 38.7 Å². The van der Waals surface area contributed by atoms with Gasteiger partial charge in [-0.15, -0.1) is 0 Å². The van der Waals surface area contributed by atoms with Crippen molar-refractivity contribution >= 4 is 33.0 Å². The molecule has 0 saturated heterocycles. The van der Waals surface area contributed by atoms with Crippen LogP contribution < -0.4 is 10.1 Å². The molecule has 10 nitrogen and oxygen atoms in total. The summed E-state index contributed by atoms with van der Waals surface area (Å²) in [4.78, 5) is 13.1. The molecule has 3 N–H and O–H groups in total. The fourth-order valence-corrected chi connectivity index (χ4v) is 6.19. The number of phenols is 1. The van der Waals surface area contributed by atoms with Gasteiger partial charge in [-0.05, 0) is 64.9 Å². The molecular weight excluding hydrogens is 544 g/mol. The summed E-state index contributed by atoms with van der Waals surface area (Å²) in [6, 6.07) is 14.3. The maximum Gasteiger partial charge on any atom is 0.290 e. The van der Waals surface area contributed by atoms with Crippen LogP contribution in [0.15, 0.2) is 82.1 Å². The number of carbonyl (C=O) groups is 1. The van der Waals surface area contributed by atoms with Gasteiger partial charge in [0.05, 0.1) is 30.9 Å². The molecule has 1 aliphatic heterocycles. The summed E-state index contributed by atoms with van der Waals surface area (Å²) in [6.45, 7) is -0.560. The molecule has 2 aromatic carbocycles. The van der Waals surface area contributed by atoms with Gasteiger partial charge >= 0.3 is 0 Å². The van der Waals surface area contributed by atoms with Crippen molar-refractivity contribution in [3.05, 3.63) is 82.8 Å². The van der Waals surface area contributed by atoms with Crippen LogP contribution in [0.4, 0.5) is 5.69 Å². The lowest BCUT2D eigenvalue weighted by Gasteiger charge is -2.30. The molecular formula is C27H30N2O8S2. The molecule has 3 aromatic rings. The Hall–Kier alpha value is -3.42. The van der Waals surface area contributed by atoms with E-state index in [-0.39, 0.29) is 54.3 Å². The molecule has 12 heteroatoms. The second-order valence-electron chi connectivity index (χ2n) is 8.62. The molecule has 0 bridgehead atoms. The summed E-state index contributed by atoms with van der Waals surface area (Å²) in [5, 5.41) is 26.1. The number of anilines is 1. The van der Waals surface area contributed by atoms with E-state index in [0.717, 1.165) is 9.87 Å². The average molecular weight is 575 g/mol. The first-order valence-electron chi connectivity index (χ1n) is 12.2. The molecule has 0 fully saturated rings. The third-order valence-corrected chi connectivity index (χ3v) is 8.71. The number of allylic oxidation sites excluding steroid dienone is 1. The summed E-state index contributed by atoms with van der Waals surface area (Å²) in [7, 11) is -2.41. The molecule has 1 aliphatic rings. The number of thiophene rings is 1. The van der Waals surface area contributed by atoms with Gasteiger partial charge in [-0.3, -0.25) is 4.79 Å². The summed E-state index contributed by atoms with van der Waals surface area (Å²) >= 11 is 1.53. The fraction of sp³-hybridized carbons (Fsp3) is 0.296. The lowest BCUT2D eigenvalue weighted by atomic mass is 9.95. The quantitative estimate of drug-likeness (QED) is 0.280. The Balaban J connectivity index is 1.44. The average Bonchev–Trinajstić information content (AvgIpc) is 3.49. The third kappa shape index (κ3) is 7.16. The molecule has 0 unspecified atom stereocenters. The number of nitrogens with zero attached hydrogens (tertiary/aromatic N) is 1. The van der Waals surface area contributed by atoms with Crippen LogP contribution >= 0.6 is 11.3 Å². The summed E-state index contributed by atoms with van der Waals surface area (Å²) < 4.78 is 44.3. The first-order valence-corrected chi connectivity index (χ1v) is 14.6. The largest absolute Gasteiger partial charge is 0.506 e. The van der Waals surface area contributed by atoms with Crippen LogP contribution in [0.1, 0.15) is 17.9 Å². The number of hydrogen-bond donors (Lipinski definition) is 3. The van der Waals surface area contributed by atoms with E-state index >= 15 is 0 Å². The number of aromatic hydroxyl groups is 1. The van der Waals surface area contributed by atoms with Crippen LogP contribution in [-0.4, -0.2) is 68.5 Å². The van der Waals surface area contributed by atoms with Crippen molar-refractivity contribution in [1.29, 1.82) is 0 Å². The van der Waals surface area contributed by atoms with Gasteiger partial charge in [0, 0.05) is 25.4 Å². The highest BCUT2D eigenvalue weighted by atomic mass is 32.2. The first-order chi connectivity index (χ1) is 18.8. The minimum Gasteiger partial charge on any atom is -0.506 e. The van der Waals surface area contributed by atoms with Gasteiger partial charge in [0.1, 0.15) is 11.5 Å². The van der Waals surface area contributed by atoms with Crippen LogP contribution in [0.3, 0.4) is 0 Å². The number of sulfonamides is 1. The molecule has 0 spiro atoms. The smallest absolute Gasteiger partial charge is 0.290 e. The van der Waals surface area contributed by atoms with Crippen molar-refractivity contribution in [3.63, 3.8) is 0 Å². The predicted molar refractivity (Wildman–Crippen MR) is 146 cm³/mol. The summed E-state index contributed by atoms with van der Waals surface area (Å²) in [5.74, 6) is -0.239. The van der Waals surface area contributed by atoms with E-state index in [1.807, 2.05) is 16.8 Å². The molecule has 2 heterocycles. The number of aliphatic hydroxyl groups excluding tert-OH is 1. The van der Waals surface area contributed by atoms with Crippen LogP contribution in [0, 0.1) is 0 Å². The van der Waals surface area contributed by atoms with Crippen molar-refractivity contribution in [2.24, 2.45) is 0 Å². The number of amides is 1. The van der Waals surface area contributed by atoms with Gasteiger partial charge in [-0.1, -0.05) is 12.1 Å². The molecule has 4 rings (SSSR count). The number of methoxy groups -OCH3 is 1. The molecule has 0 aliphatic carbocycles. The first kappa shape index (κ1) is 28.6. The van der Waals surface area contributed by atoms with Crippen LogP contribution in [0.5, 0.6) is 11.5 Å². The Labute approximate surface area is 231 Å². The number of rotatable bonds is 12. The number of nitrogens with one attached hydrogen (secondary N) is 1. The van der Waals surface area contributed by atoms with Gasteiger partial charge in [0.2, 0.25) is 16.3 Å². The number of aliphatic hydroxyl groups is 1. The summed E-state index contributed by atoms with van der Waals surface area (Å²) in [5.41, 5.74) is 1.24. The van der Waals surface area contributed by atoms with E-state index in [0.29, 0.717) is 12.2 Å². The Morgan fingerprint density at radius 1 is 1.15 bits per heavy atom. The zero-order valence-corrected chi connectivity index (χ0v) is 22.9. The van der Waals surface area contributed by atoms with Crippen molar-refractivity contribution in [1.82, 2.24) is 4.31 Å². The van der Waals surface area contributed by atoms with Gasteiger partial charge in [-0.25, -0.2) is 8.42 Å². The van der Waals surface area contributed by atoms with E-state index in [2.05, 4.69) is 5.32 Å². The van der Waals surface area contributed by atoms with E-state index in [1.165, 1.54) is 36.6 Å². The number of para-hydroxylation sites is 2. The number of carbonyl (C=O) groups excluding carboxylic acids is 1. The zero-order chi connectivity index (χ0) is 27.8. The number of ether oxygens (including phenoxy) is 3. The van der Waals surface area contributed by atoms with Crippen LogP contribution in [-0.2, 0) is 24.3 Å². The summed E-state index contributed by atoms with van der Waals surface area (Å²) in [6.07, 6.45) is 1.29. The van der Waals surface area contributed by atoms with E-state index in [4.69, 9.17) is 14.2 Å². The molecule has 39 heavy (non-hydrogen) atoms. The highest BCUT2D eigenvalue weighted by Crippen LogP contribution is 2.33. The lowest BCUT2D eigenvalue weighted by Crippen LogP contribution is -2.37. The van der Waals surface area contributed by atoms with E-state index < -0.39 is 22.2 Å². The van der Waals surface area contributed by atoms with Crippen molar-refractivity contribution in [2.45, 2.75) is 23.5 Å². The van der Waals surface area contributed by atoms with E-state index in [9.17, 15) is 23.4 Å². The molecule has 2 atom stereocenters. The van der Waals surface area contributed by atoms with Gasteiger partial charge in [-0.2, -0.15) is 15.6 Å². The maximum absolute atomic E-state index is 13.2. The van der Waals surface area contributed by atoms with Gasteiger partial charge < -0.3 is 29.7 Å². The van der Waals surface area contributed by atoms with Crippen LogP contribution in [0.2, 0.25) is 0 Å². The normalized spacial score (nSPS) is 17.4. The molecule has 208 valence electrons. The van der Waals surface area contributed by atoms with Crippen LogP contribution in [0.25, 0.3) is 0 Å². The highest BCUT2D eigenvalue weighted by Gasteiger charge is 2.30. The van der Waals surface area contributed by atoms with Crippen molar-refractivity contribution < 1.29 is 37.6 Å². The van der Waals surface area contributed by atoms with Crippen molar-refractivity contribution in [3.8, 4) is 11.5 Å². The third-order valence-electron chi connectivity index (χ3n) is 6.10. The minimum atomic E-state index is -3.90. The molecule has 0 saturated carbocycles. The topological polar surface area (TPSA) is 135 Å². The number of hydrogen-bond acceptors (Lipinski definition) is 9. The predicted octanol–water partition coefficient (Wildman–Crippen LogP) is 3.51. The van der Waals surface area contributed by atoms with Gasteiger partial charge in [0.15, 0.2) is 5.76 Å². The highest BCUT2D eigenvalue weighted by molar-refractivity contribution is 7.89. The Bertz CT molecular complexity index is 1380. The fourth-order valence-electron chi connectivity index (χ4n) is 4.05. The SMILES string of the molecule is COc1ccc(S(=O)(=O)N(CCO)CCO[C@H]2C[C@@H](c3ccsc3)C=C(C(=O)Nc3ccccc3O)O2)cc1. The minimum absolute atomic E-state index is 0.0313. The molecule has 0 radical (unpaired) electrons. The standard InChI is InChI=1S/C27H30N2O8S2/c1-35-21-6-8-22(9-7-21)39(33,34)29(11-13-30)12-14-36-26-17-20(19-10-15-38-18-19)16-25(37-26)27(32)28-23-4-2-3-5-24(23)31/h2-10,15-16,18,20,26,30-31H,11-14,17H2,1H3,(H,28,32)/t20-,26+/m0/s1. The Morgan fingerprint density at radius 2 is 1.92 bits per heavy atom. The zero-order valence-electron chi connectivity index (χ0n) is 21.2. The van der Waals surface area contributed by atoms with Gasteiger partial charge in [0.25, 0.3) is 5.91 Å². The second-order valence-corrected chi connectivity index (χ2v) is 11.3. The lowest BCUT2D eigenvalue weighted by molar-refractivity contribution is -0.143. The molecule has 1 amide bonds. The Morgan fingerprint density at radius 3 is 2.59 bits per heavy atom.